The number of esters is 1. The summed E-state index contributed by atoms with van der Waals surface area (Å²) in [6, 6.07) is 0. The van der Waals surface area contributed by atoms with E-state index in [0.29, 0.717) is 31.0 Å². The largest absolute Gasteiger partial charge is 0.469 e. The summed E-state index contributed by atoms with van der Waals surface area (Å²) in [6.45, 7) is 0. The Kier molecular flexibility index (Phi) is 3.26. The van der Waals surface area contributed by atoms with Gasteiger partial charge in [0, 0.05) is 19.3 Å². The zero-order valence-electron chi connectivity index (χ0n) is 7.34. The molecule has 1 aliphatic rings. The van der Waals surface area contributed by atoms with Crippen LogP contribution in [0, 0.1) is 5.92 Å². The lowest BCUT2D eigenvalue weighted by molar-refractivity contribution is -0.141. The van der Waals surface area contributed by atoms with E-state index in [2.05, 4.69) is 4.74 Å². The Morgan fingerprint density at radius 1 is 1.67 bits per heavy atom. The van der Waals surface area contributed by atoms with Crippen LogP contribution in [0.4, 0.5) is 0 Å². The van der Waals surface area contributed by atoms with Crippen molar-refractivity contribution >= 4 is 11.8 Å². The van der Waals surface area contributed by atoms with Gasteiger partial charge >= 0.3 is 5.97 Å². The second-order valence-corrected chi connectivity index (χ2v) is 3.26. The molecule has 0 aromatic carbocycles. The van der Waals surface area contributed by atoms with Crippen molar-refractivity contribution in [2.24, 2.45) is 5.92 Å². The van der Waals surface area contributed by atoms with Crippen molar-refractivity contribution in [2.45, 2.75) is 32.1 Å². The zero-order chi connectivity index (χ0) is 8.97. The first kappa shape index (κ1) is 9.23. The van der Waals surface area contributed by atoms with Crippen LogP contribution < -0.4 is 0 Å². The predicted octanol–water partition coefficient (Wildman–Crippen LogP) is 1.31. The van der Waals surface area contributed by atoms with Gasteiger partial charge in [0.15, 0.2) is 0 Å². The van der Waals surface area contributed by atoms with Gasteiger partial charge in [-0.15, -0.1) is 0 Å². The standard InChI is InChI=1S/C9H14O3/c1-12-9(11)5-3-7-2-4-8(10)6-7/h7H,2-6H2,1H3/t7-/m1/s1. The number of ketones is 1. The molecule has 0 bridgehead atoms. The number of carbonyl (C=O) groups is 2. The van der Waals surface area contributed by atoms with Crippen molar-refractivity contribution in [3.8, 4) is 0 Å². The molecule has 1 saturated carbocycles. The summed E-state index contributed by atoms with van der Waals surface area (Å²) in [6.07, 6.45) is 3.57. The summed E-state index contributed by atoms with van der Waals surface area (Å²) in [5.41, 5.74) is 0. The number of carbonyl (C=O) groups excluding carboxylic acids is 2. The van der Waals surface area contributed by atoms with Gasteiger partial charge in [0.05, 0.1) is 7.11 Å². The summed E-state index contributed by atoms with van der Waals surface area (Å²) >= 11 is 0. The van der Waals surface area contributed by atoms with E-state index in [1.54, 1.807) is 0 Å². The Labute approximate surface area is 72.1 Å². The average Bonchev–Trinajstić information content (AvgIpc) is 2.47. The summed E-state index contributed by atoms with van der Waals surface area (Å²) in [5.74, 6) is 0.593. The molecule has 0 aromatic rings. The van der Waals surface area contributed by atoms with E-state index in [-0.39, 0.29) is 5.97 Å². The van der Waals surface area contributed by atoms with Crippen LogP contribution in [0.2, 0.25) is 0 Å². The molecule has 0 spiro atoms. The number of hydrogen-bond donors (Lipinski definition) is 0. The molecule has 1 atom stereocenters. The minimum absolute atomic E-state index is 0.172. The fourth-order valence-electron chi connectivity index (χ4n) is 1.56. The normalized spacial score (nSPS) is 22.8. The molecule has 0 heterocycles. The SMILES string of the molecule is COC(=O)CC[C@H]1CCC(=O)C1. The topological polar surface area (TPSA) is 43.4 Å². The second-order valence-electron chi connectivity index (χ2n) is 3.26. The monoisotopic (exact) mass is 170 g/mol. The van der Waals surface area contributed by atoms with Crippen LogP contribution in [0.25, 0.3) is 0 Å². The van der Waals surface area contributed by atoms with Crippen LogP contribution in [-0.4, -0.2) is 18.9 Å². The quantitative estimate of drug-likeness (QED) is 0.600. The minimum atomic E-state index is -0.172. The van der Waals surface area contributed by atoms with Crippen molar-refractivity contribution in [2.75, 3.05) is 7.11 Å². The van der Waals surface area contributed by atoms with E-state index in [4.69, 9.17) is 0 Å². The molecule has 0 aromatic heterocycles. The Bertz CT molecular complexity index is 186. The molecule has 68 valence electrons. The molecule has 0 radical (unpaired) electrons. The lowest BCUT2D eigenvalue weighted by Gasteiger charge is -2.05. The lowest BCUT2D eigenvalue weighted by atomic mass is 10.0. The molecule has 0 N–H and O–H groups in total. The number of hydrogen-bond acceptors (Lipinski definition) is 3. The van der Waals surface area contributed by atoms with Gasteiger partial charge in [-0.3, -0.25) is 9.59 Å². The van der Waals surface area contributed by atoms with Gasteiger partial charge in [0.2, 0.25) is 0 Å². The van der Waals surface area contributed by atoms with E-state index in [9.17, 15) is 9.59 Å². The molecule has 0 unspecified atom stereocenters. The molecular weight excluding hydrogens is 156 g/mol. The highest BCUT2D eigenvalue weighted by Crippen LogP contribution is 2.25. The van der Waals surface area contributed by atoms with Gasteiger partial charge in [0.25, 0.3) is 0 Å². The third kappa shape index (κ3) is 2.64. The van der Waals surface area contributed by atoms with Gasteiger partial charge < -0.3 is 4.74 Å². The second kappa shape index (κ2) is 4.24. The molecule has 1 aliphatic carbocycles. The van der Waals surface area contributed by atoms with E-state index in [1.165, 1.54) is 7.11 Å². The van der Waals surface area contributed by atoms with Crippen LogP contribution in [0.5, 0.6) is 0 Å². The third-order valence-electron chi connectivity index (χ3n) is 2.33. The molecule has 0 aliphatic heterocycles. The van der Waals surface area contributed by atoms with Gasteiger partial charge in [-0.25, -0.2) is 0 Å². The highest BCUT2D eigenvalue weighted by Gasteiger charge is 2.22. The van der Waals surface area contributed by atoms with Crippen LogP contribution in [0.3, 0.4) is 0 Å². The van der Waals surface area contributed by atoms with E-state index < -0.39 is 0 Å². The molecule has 3 heteroatoms. The van der Waals surface area contributed by atoms with Gasteiger partial charge in [-0.2, -0.15) is 0 Å². The fourth-order valence-corrected chi connectivity index (χ4v) is 1.56. The molecule has 1 rings (SSSR count). The van der Waals surface area contributed by atoms with Crippen LogP contribution >= 0.6 is 0 Å². The van der Waals surface area contributed by atoms with E-state index in [0.717, 1.165) is 12.8 Å². The molecule has 0 saturated heterocycles. The maximum Gasteiger partial charge on any atom is 0.305 e. The Balaban J connectivity index is 2.16. The lowest BCUT2D eigenvalue weighted by Crippen LogP contribution is -2.04. The number of methoxy groups -OCH3 is 1. The van der Waals surface area contributed by atoms with Crippen molar-refractivity contribution in [3.63, 3.8) is 0 Å². The van der Waals surface area contributed by atoms with E-state index >= 15 is 0 Å². The third-order valence-corrected chi connectivity index (χ3v) is 2.33. The molecule has 0 amide bonds. The van der Waals surface area contributed by atoms with Crippen LogP contribution in [0.1, 0.15) is 32.1 Å². The van der Waals surface area contributed by atoms with Crippen molar-refractivity contribution < 1.29 is 14.3 Å². The summed E-state index contributed by atoms with van der Waals surface area (Å²) in [5, 5.41) is 0. The van der Waals surface area contributed by atoms with Crippen molar-refractivity contribution in [3.05, 3.63) is 0 Å². The van der Waals surface area contributed by atoms with Gasteiger partial charge in [-0.05, 0) is 18.8 Å². The smallest absolute Gasteiger partial charge is 0.305 e. The summed E-state index contributed by atoms with van der Waals surface area (Å²) in [7, 11) is 1.39. The van der Waals surface area contributed by atoms with Crippen molar-refractivity contribution in [1.29, 1.82) is 0 Å². The minimum Gasteiger partial charge on any atom is -0.469 e. The zero-order valence-corrected chi connectivity index (χ0v) is 7.34. The average molecular weight is 170 g/mol. The highest BCUT2D eigenvalue weighted by molar-refractivity contribution is 5.80. The predicted molar refractivity (Wildman–Crippen MR) is 43.6 cm³/mol. The van der Waals surface area contributed by atoms with Gasteiger partial charge in [0.1, 0.15) is 5.78 Å². The first-order valence-corrected chi connectivity index (χ1v) is 4.31. The Morgan fingerprint density at radius 3 is 2.92 bits per heavy atom. The first-order valence-electron chi connectivity index (χ1n) is 4.31. The highest BCUT2D eigenvalue weighted by atomic mass is 16.5. The van der Waals surface area contributed by atoms with Crippen LogP contribution in [0.15, 0.2) is 0 Å². The molecule has 12 heavy (non-hydrogen) atoms. The maximum absolute atomic E-state index is 10.9. The Morgan fingerprint density at radius 2 is 2.42 bits per heavy atom. The van der Waals surface area contributed by atoms with Gasteiger partial charge in [-0.1, -0.05) is 0 Å². The van der Waals surface area contributed by atoms with E-state index in [1.807, 2.05) is 0 Å². The molecule has 1 fully saturated rings. The number of rotatable bonds is 3. The number of ether oxygens (including phenoxy) is 1. The van der Waals surface area contributed by atoms with Crippen LogP contribution in [-0.2, 0) is 14.3 Å². The fraction of sp³-hybridized carbons (Fsp3) is 0.778. The maximum atomic E-state index is 10.9. The van der Waals surface area contributed by atoms with Crippen molar-refractivity contribution in [1.82, 2.24) is 0 Å². The number of Topliss-reactive ketones (excluding diaryl/α,β-unsaturated/α-hetero) is 1. The summed E-state index contributed by atoms with van der Waals surface area (Å²) in [4.78, 5) is 21.6. The Hall–Kier alpha value is -0.860. The first-order chi connectivity index (χ1) is 5.72. The molecular formula is C9H14O3. The molecule has 3 nitrogen and oxygen atoms in total. The summed E-state index contributed by atoms with van der Waals surface area (Å²) < 4.78 is 4.51.